The lowest BCUT2D eigenvalue weighted by atomic mass is 10.2. The Bertz CT molecular complexity index is 323. The molecule has 0 aromatic rings. The van der Waals surface area contributed by atoms with Crippen molar-refractivity contribution < 1.29 is 22.7 Å². The highest BCUT2D eigenvalue weighted by Gasteiger charge is 2.34. The standard InChI is InChI=1S/C12H19F3N2O2/c1-9(19-8-12(13,14)15)11(18)17-6-4-16(5-7-17)10-2-3-10/h9-10H,2-8H2,1H3. The van der Waals surface area contributed by atoms with Crippen LogP contribution in [0.4, 0.5) is 13.2 Å². The molecule has 2 fully saturated rings. The van der Waals surface area contributed by atoms with E-state index in [4.69, 9.17) is 0 Å². The SMILES string of the molecule is CC(OCC(F)(F)F)C(=O)N1CCN(C2CC2)CC1. The number of nitrogens with zero attached hydrogens (tertiary/aromatic N) is 2. The molecule has 0 aromatic heterocycles. The number of hydrogen-bond donors (Lipinski definition) is 0. The maximum atomic E-state index is 12.0. The predicted molar refractivity (Wildman–Crippen MR) is 62.6 cm³/mol. The molecule has 0 spiro atoms. The van der Waals surface area contributed by atoms with Crippen LogP contribution in [0, 0.1) is 0 Å². The van der Waals surface area contributed by atoms with Crippen molar-refractivity contribution in [1.82, 2.24) is 9.80 Å². The van der Waals surface area contributed by atoms with Gasteiger partial charge in [0.2, 0.25) is 0 Å². The monoisotopic (exact) mass is 280 g/mol. The highest BCUT2D eigenvalue weighted by molar-refractivity contribution is 5.80. The van der Waals surface area contributed by atoms with Crippen molar-refractivity contribution in [2.24, 2.45) is 0 Å². The topological polar surface area (TPSA) is 32.8 Å². The van der Waals surface area contributed by atoms with Crippen LogP contribution in [0.15, 0.2) is 0 Å². The summed E-state index contributed by atoms with van der Waals surface area (Å²) in [5.41, 5.74) is 0. The average molecular weight is 280 g/mol. The van der Waals surface area contributed by atoms with Gasteiger partial charge >= 0.3 is 6.18 Å². The molecule has 2 aliphatic rings. The molecule has 1 saturated heterocycles. The van der Waals surface area contributed by atoms with Crippen LogP contribution in [-0.2, 0) is 9.53 Å². The lowest BCUT2D eigenvalue weighted by molar-refractivity contribution is -0.188. The molecule has 1 atom stereocenters. The van der Waals surface area contributed by atoms with Gasteiger partial charge in [0.15, 0.2) is 0 Å². The fourth-order valence-corrected chi connectivity index (χ4v) is 2.30. The quantitative estimate of drug-likeness (QED) is 0.777. The molecule has 4 nitrogen and oxygen atoms in total. The Labute approximate surface area is 110 Å². The van der Waals surface area contributed by atoms with Crippen molar-refractivity contribution in [3.63, 3.8) is 0 Å². The van der Waals surface area contributed by atoms with Crippen molar-refractivity contribution in [1.29, 1.82) is 0 Å². The number of carbonyl (C=O) groups is 1. The second kappa shape index (κ2) is 5.66. The molecule has 0 bridgehead atoms. The van der Waals surface area contributed by atoms with Crippen molar-refractivity contribution in [2.75, 3.05) is 32.8 Å². The number of alkyl halides is 3. The molecule has 0 N–H and O–H groups in total. The van der Waals surface area contributed by atoms with Gasteiger partial charge in [-0.3, -0.25) is 9.69 Å². The van der Waals surface area contributed by atoms with E-state index >= 15 is 0 Å². The van der Waals surface area contributed by atoms with Crippen molar-refractivity contribution in [2.45, 2.75) is 38.1 Å². The number of rotatable bonds is 4. The predicted octanol–water partition coefficient (Wildman–Crippen LogP) is 1.26. The van der Waals surface area contributed by atoms with Crippen LogP contribution in [0.25, 0.3) is 0 Å². The van der Waals surface area contributed by atoms with E-state index in [0.29, 0.717) is 19.1 Å². The zero-order chi connectivity index (χ0) is 14.0. The molecule has 1 heterocycles. The van der Waals surface area contributed by atoms with Gasteiger partial charge in [0.1, 0.15) is 12.7 Å². The molecular weight excluding hydrogens is 261 g/mol. The first-order chi connectivity index (χ1) is 8.87. The van der Waals surface area contributed by atoms with Gasteiger partial charge in [0.25, 0.3) is 5.91 Å². The fourth-order valence-electron chi connectivity index (χ4n) is 2.30. The summed E-state index contributed by atoms with van der Waals surface area (Å²) in [6.07, 6.45) is -2.98. The average Bonchev–Trinajstić information content (AvgIpc) is 3.18. The molecular formula is C12H19F3N2O2. The third-order valence-electron chi connectivity index (χ3n) is 3.53. The molecule has 2 rings (SSSR count). The second-order valence-corrected chi connectivity index (χ2v) is 5.16. The number of piperazine rings is 1. The fraction of sp³-hybridized carbons (Fsp3) is 0.917. The maximum Gasteiger partial charge on any atom is 0.411 e. The van der Waals surface area contributed by atoms with Gasteiger partial charge in [-0.25, -0.2) is 0 Å². The highest BCUT2D eigenvalue weighted by atomic mass is 19.4. The van der Waals surface area contributed by atoms with E-state index in [-0.39, 0.29) is 5.91 Å². The summed E-state index contributed by atoms with van der Waals surface area (Å²) in [7, 11) is 0. The van der Waals surface area contributed by atoms with Crippen LogP contribution in [0.1, 0.15) is 19.8 Å². The highest BCUT2D eigenvalue weighted by Crippen LogP contribution is 2.27. The first-order valence-electron chi connectivity index (χ1n) is 6.58. The number of carbonyl (C=O) groups excluding carboxylic acids is 1. The van der Waals surface area contributed by atoms with Gasteiger partial charge in [-0.2, -0.15) is 13.2 Å². The van der Waals surface area contributed by atoms with Gasteiger partial charge in [0.05, 0.1) is 0 Å². The van der Waals surface area contributed by atoms with Gasteiger partial charge in [-0.1, -0.05) is 0 Å². The van der Waals surface area contributed by atoms with Gasteiger partial charge in [-0.15, -0.1) is 0 Å². The van der Waals surface area contributed by atoms with Crippen molar-refractivity contribution in [3.05, 3.63) is 0 Å². The molecule has 110 valence electrons. The lowest BCUT2D eigenvalue weighted by Crippen LogP contribution is -2.52. The van der Waals surface area contributed by atoms with Crippen molar-refractivity contribution >= 4 is 5.91 Å². The van der Waals surface area contributed by atoms with Crippen LogP contribution >= 0.6 is 0 Å². The Kier molecular flexibility index (Phi) is 4.35. The zero-order valence-corrected chi connectivity index (χ0v) is 10.9. The summed E-state index contributed by atoms with van der Waals surface area (Å²) in [5.74, 6) is -0.348. The van der Waals surface area contributed by atoms with E-state index in [1.807, 2.05) is 0 Å². The summed E-state index contributed by atoms with van der Waals surface area (Å²) in [5, 5.41) is 0. The molecule has 1 aliphatic heterocycles. The Morgan fingerprint density at radius 3 is 2.32 bits per heavy atom. The van der Waals surface area contributed by atoms with Crippen LogP contribution in [0.5, 0.6) is 0 Å². The van der Waals surface area contributed by atoms with Gasteiger partial charge in [0, 0.05) is 32.2 Å². The van der Waals surface area contributed by atoms with Crippen LogP contribution in [0.2, 0.25) is 0 Å². The summed E-state index contributed by atoms with van der Waals surface area (Å²) < 4.78 is 40.6. The first-order valence-corrected chi connectivity index (χ1v) is 6.58. The molecule has 0 aromatic carbocycles. The molecule has 1 unspecified atom stereocenters. The minimum Gasteiger partial charge on any atom is -0.359 e. The summed E-state index contributed by atoms with van der Waals surface area (Å²) in [6, 6.07) is 0.663. The summed E-state index contributed by atoms with van der Waals surface area (Å²) >= 11 is 0. The van der Waals surface area contributed by atoms with E-state index in [0.717, 1.165) is 13.1 Å². The lowest BCUT2D eigenvalue weighted by Gasteiger charge is -2.36. The summed E-state index contributed by atoms with van der Waals surface area (Å²) in [6.45, 7) is 2.78. The molecule has 19 heavy (non-hydrogen) atoms. The minimum absolute atomic E-state index is 0.348. The van der Waals surface area contributed by atoms with E-state index in [2.05, 4.69) is 9.64 Å². The van der Waals surface area contributed by atoms with Gasteiger partial charge in [-0.05, 0) is 19.8 Å². The first kappa shape index (κ1) is 14.6. The Balaban J connectivity index is 1.73. The third kappa shape index (κ3) is 4.35. The van der Waals surface area contributed by atoms with Crippen LogP contribution in [-0.4, -0.2) is 66.8 Å². The van der Waals surface area contributed by atoms with Crippen LogP contribution in [0.3, 0.4) is 0 Å². The normalized spacial score (nSPS) is 23.5. The number of ether oxygens (including phenoxy) is 1. The van der Waals surface area contributed by atoms with E-state index in [1.165, 1.54) is 19.8 Å². The summed E-state index contributed by atoms with van der Waals surface area (Å²) in [4.78, 5) is 15.9. The maximum absolute atomic E-state index is 12.0. The van der Waals surface area contributed by atoms with E-state index < -0.39 is 18.9 Å². The Morgan fingerprint density at radius 1 is 1.26 bits per heavy atom. The number of amides is 1. The molecule has 1 amide bonds. The zero-order valence-electron chi connectivity index (χ0n) is 10.9. The molecule has 1 saturated carbocycles. The van der Waals surface area contributed by atoms with E-state index in [9.17, 15) is 18.0 Å². The number of halogens is 3. The van der Waals surface area contributed by atoms with Crippen LogP contribution < -0.4 is 0 Å². The third-order valence-corrected chi connectivity index (χ3v) is 3.53. The number of hydrogen-bond acceptors (Lipinski definition) is 3. The van der Waals surface area contributed by atoms with Crippen molar-refractivity contribution in [3.8, 4) is 0 Å². The smallest absolute Gasteiger partial charge is 0.359 e. The Morgan fingerprint density at radius 2 is 1.84 bits per heavy atom. The largest absolute Gasteiger partial charge is 0.411 e. The molecule has 7 heteroatoms. The Hall–Kier alpha value is -0.820. The second-order valence-electron chi connectivity index (χ2n) is 5.16. The van der Waals surface area contributed by atoms with Gasteiger partial charge < -0.3 is 9.64 Å². The van der Waals surface area contributed by atoms with E-state index in [1.54, 1.807) is 4.90 Å². The molecule has 0 radical (unpaired) electrons. The molecule has 1 aliphatic carbocycles. The minimum atomic E-state index is -4.39.